The second-order valence-electron chi connectivity index (χ2n) is 4.84. The number of nitrogens with one attached hydrogen (secondary N) is 1. The molecule has 0 bridgehead atoms. The summed E-state index contributed by atoms with van der Waals surface area (Å²) in [5.74, 6) is 0.719. The van der Waals surface area contributed by atoms with Crippen molar-refractivity contribution in [1.29, 1.82) is 0 Å². The Labute approximate surface area is 132 Å². The minimum absolute atomic E-state index is 0.110. The van der Waals surface area contributed by atoms with Crippen molar-refractivity contribution < 1.29 is 19.1 Å². The van der Waals surface area contributed by atoms with Gasteiger partial charge in [-0.3, -0.25) is 14.5 Å². The molecule has 0 saturated carbocycles. The van der Waals surface area contributed by atoms with Gasteiger partial charge in [0.05, 0.1) is 12.8 Å². The number of nitrogens with zero attached hydrogens (tertiary/aromatic N) is 2. The number of ether oxygens (including phenoxy) is 2. The van der Waals surface area contributed by atoms with E-state index in [9.17, 15) is 9.59 Å². The first-order valence-electron chi connectivity index (χ1n) is 7.00. The summed E-state index contributed by atoms with van der Waals surface area (Å²) in [7, 11) is 1.52. The zero-order valence-electron chi connectivity index (χ0n) is 12.5. The molecule has 118 valence electrons. The van der Waals surface area contributed by atoms with Gasteiger partial charge in [0.25, 0.3) is 5.91 Å². The molecule has 23 heavy (non-hydrogen) atoms. The zero-order chi connectivity index (χ0) is 16.2. The van der Waals surface area contributed by atoms with Crippen molar-refractivity contribution in [3.05, 3.63) is 42.6 Å². The third-order valence-corrected chi connectivity index (χ3v) is 3.34. The molecule has 3 rings (SSSR count). The lowest BCUT2D eigenvalue weighted by Crippen LogP contribution is -2.43. The van der Waals surface area contributed by atoms with E-state index in [2.05, 4.69) is 10.3 Å². The van der Waals surface area contributed by atoms with E-state index in [-0.39, 0.29) is 25.0 Å². The molecule has 1 N–H and O–H groups in total. The lowest BCUT2D eigenvalue weighted by molar-refractivity contribution is -0.123. The summed E-state index contributed by atoms with van der Waals surface area (Å²) in [4.78, 5) is 29.7. The summed E-state index contributed by atoms with van der Waals surface area (Å²) in [6, 6.07) is 10.5. The summed E-state index contributed by atoms with van der Waals surface area (Å²) < 4.78 is 10.5. The molecule has 0 saturated heterocycles. The van der Waals surface area contributed by atoms with Crippen LogP contribution in [-0.2, 0) is 9.59 Å². The molecular weight excluding hydrogens is 298 g/mol. The summed E-state index contributed by atoms with van der Waals surface area (Å²) in [6.45, 7) is -0.259. The van der Waals surface area contributed by atoms with Gasteiger partial charge in [0.15, 0.2) is 18.2 Å². The van der Waals surface area contributed by atoms with Crippen molar-refractivity contribution in [2.75, 3.05) is 30.5 Å². The molecular formula is C16H15N3O4. The van der Waals surface area contributed by atoms with Crippen LogP contribution in [0, 0.1) is 0 Å². The van der Waals surface area contributed by atoms with Gasteiger partial charge in [0, 0.05) is 6.20 Å². The first kappa shape index (κ1) is 14.8. The Morgan fingerprint density at radius 1 is 1.35 bits per heavy atom. The van der Waals surface area contributed by atoms with Crippen molar-refractivity contribution in [2.45, 2.75) is 0 Å². The molecule has 2 heterocycles. The van der Waals surface area contributed by atoms with Gasteiger partial charge in [-0.2, -0.15) is 0 Å². The molecule has 0 spiro atoms. The molecule has 0 fully saturated rings. The smallest absolute Gasteiger partial charge is 0.266 e. The van der Waals surface area contributed by atoms with Gasteiger partial charge in [-0.25, -0.2) is 4.98 Å². The van der Waals surface area contributed by atoms with E-state index in [4.69, 9.17) is 9.47 Å². The van der Waals surface area contributed by atoms with Crippen LogP contribution in [0.2, 0.25) is 0 Å². The first-order chi connectivity index (χ1) is 11.2. The number of benzene rings is 1. The van der Waals surface area contributed by atoms with Crippen molar-refractivity contribution >= 4 is 23.3 Å². The second kappa shape index (κ2) is 6.35. The highest BCUT2D eigenvalue weighted by Gasteiger charge is 2.28. The van der Waals surface area contributed by atoms with Crippen LogP contribution < -0.4 is 19.7 Å². The van der Waals surface area contributed by atoms with Crippen molar-refractivity contribution in [3.63, 3.8) is 0 Å². The van der Waals surface area contributed by atoms with Gasteiger partial charge in [-0.1, -0.05) is 12.1 Å². The minimum Gasteiger partial charge on any atom is -0.495 e. The Morgan fingerprint density at radius 3 is 3.00 bits per heavy atom. The molecule has 0 unspecified atom stereocenters. The van der Waals surface area contributed by atoms with Crippen LogP contribution in [0.25, 0.3) is 0 Å². The third kappa shape index (κ3) is 3.08. The Morgan fingerprint density at radius 2 is 2.17 bits per heavy atom. The maximum absolute atomic E-state index is 12.3. The average Bonchev–Trinajstić information content (AvgIpc) is 2.58. The lowest BCUT2D eigenvalue weighted by Gasteiger charge is -2.27. The zero-order valence-corrected chi connectivity index (χ0v) is 12.5. The lowest BCUT2D eigenvalue weighted by atomic mass is 10.3. The first-order valence-corrected chi connectivity index (χ1v) is 7.00. The average molecular weight is 313 g/mol. The highest BCUT2D eigenvalue weighted by molar-refractivity contribution is 6.04. The fraction of sp³-hybridized carbons (Fsp3) is 0.188. The van der Waals surface area contributed by atoms with Crippen LogP contribution in [0.5, 0.6) is 11.5 Å². The molecule has 1 aliphatic rings. The van der Waals surface area contributed by atoms with E-state index < -0.39 is 0 Å². The van der Waals surface area contributed by atoms with E-state index in [1.807, 2.05) is 0 Å². The fourth-order valence-electron chi connectivity index (χ4n) is 2.28. The number of rotatable bonds is 4. The van der Waals surface area contributed by atoms with Crippen LogP contribution in [0.1, 0.15) is 0 Å². The van der Waals surface area contributed by atoms with E-state index >= 15 is 0 Å². The number of para-hydroxylation sites is 2. The number of fused-ring (bicyclic) bond motifs is 1. The predicted molar refractivity (Wildman–Crippen MR) is 83.7 cm³/mol. The van der Waals surface area contributed by atoms with Gasteiger partial charge in [-0.15, -0.1) is 0 Å². The summed E-state index contributed by atoms with van der Waals surface area (Å²) in [6.07, 6.45) is 1.55. The molecule has 1 aliphatic heterocycles. The number of carbonyl (C=O) groups excluding carboxylic acids is 2. The molecule has 1 aromatic heterocycles. The van der Waals surface area contributed by atoms with Gasteiger partial charge in [0.2, 0.25) is 5.91 Å². The van der Waals surface area contributed by atoms with Gasteiger partial charge in [-0.05, 0) is 24.3 Å². The quantitative estimate of drug-likeness (QED) is 0.924. The Hall–Kier alpha value is -3.09. The molecule has 0 aliphatic carbocycles. The van der Waals surface area contributed by atoms with Crippen LogP contribution >= 0.6 is 0 Å². The van der Waals surface area contributed by atoms with Crippen LogP contribution in [-0.4, -0.2) is 37.1 Å². The molecule has 7 heteroatoms. The standard InChI is InChI=1S/C16H15N3O4/c1-22-12-6-3-2-5-11(12)18-14(20)9-19-15(21)10-23-13-7-4-8-17-16(13)19/h2-8H,9-10H2,1H3,(H,18,20). The van der Waals surface area contributed by atoms with E-state index in [1.54, 1.807) is 42.6 Å². The largest absolute Gasteiger partial charge is 0.495 e. The molecule has 1 aromatic carbocycles. The maximum atomic E-state index is 12.3. The van der Waals surface area contributed by atoms with Gasteiger partial charge in [0.1, 0.15) is 12.3 Å². The fourth-order valence-corrected chi connectivity index (χ4v) is 2.28. The molecule has 7 nitrogen and oxygen atoms in total. The van der Waals surface area contributed by atoms with Crippen LogP contribution in [0.15, 0.2) is 42.6 Å². The maximum Gasteiger partial charge on any atom is 0.266 e. The topological polar surface area (TPSA) is 80.8 Å². The Bertz CT molecular complexity index is 748. The van der Waals surface area contributed by atoms with Crippen LogP contribution in [0.4, 0.5) is 11.5 Å². The molecule has 2 amide bonds. The highest BCUT2D eigenvalue weighted by Crippen LogP contribution is 2.29. The van der Waals surface area contributed by atoms with Crippen molar-refractivity contribution in [2.24, 2.45) is 0 Å². The number of anilines is 2. The number of pyridine rings is 1. The van der Waals surface area contributed by atoms with Gasteiger partial charge < -0.3 is 14.8 Å². The molecule has 0 radical (unpaired) electrons. The number of carbonyl (C=O) groups is 2. The Balaban J connectivity index is 1.76. The van der Waals surface area contributed by atoms with E-state index in [0.717, 1.165) is 0 Å². The SMILES string of the molecule is COc1ccccc1NC(=O)CN1C(=O)COc2cccnc21. The van der Waals surface area contributed by atoms with Gasteiger partial charge >= 0.3 is 0 Å². The number of amides is 2. The minimum atomic E-state index is -0.346. The third-order valence-electron chi connectivity index (χ3n) is 3.34. The number of hydrogen-bond donors (Lipinski definition) is 1. The van der Waals surface area contributed by atoms with E-state index in [0.29, 0.717) is 23.0 Å². The number of methoxy groups -OCH3 is 1. The number of aromatic nitrogens is 1. The number of hydrogen-bond acceptors (Lipinski definition) is 5. The van der Waals surface area contributed by atoms with Crippen molar-refractivity contribution in [1.82, 2.24) is 4.98 Å². The summed E-state index contributed by atoms with van der Waals surface area (Å²) in [5, 5.41) is 2.73. The highest BCUT2D eigenvalue weighted by atomic mass is 16.5. The predicted octanol–water partition coefficient (Wildman–Crippen LogP) is 1.45. The van der Waals surface area contributed by atoms with Crippen molar-refractivity contribution in [3.8, 4) is 11.5 Å². The Kier molecular flexibility index (Phi) is 4.09. The monoisotopic (exact) mass is 313 g/mol. The molecule has 0 atom stereocenters. The summed E-state index contributed by atoms with van der Waals surface area (Å²) in [5.41, 5.74) is 0.543. The second-order valence-corrected chi connectivity index (χ2v) is 4.84. The molecule has 2 aromatic rings. The van der Waals surface area contributed by atoms with E-state index in [1.165, 1.54) is 12.0 Å². The van der Waals surface area contributed by atoms with Crippen LogP contribution in [0.3, 0.4) is 0 Å². The normalized spacial score (nSPS) is 13.1. The summed E-state index contributed by atoms with van der Waals surface area (Å²) >= 11 is 0.